The van der Waals surface area contributed by atoms with Gasteiger partial charge in [0.2, 0.25) is 0 Å². The minimum absolute atomic E-state index is 0.0772. The first kappa shape index (κ1) is 17.0. The monoisotopic (exact) mass is 369 g/mol. The van der Waals surface area contributed by atoms with Gasteiger partial charge in [0.05, 0.1) is 30.6 Å². The average molecular weight is 370 g/mol. The van der Waals surface area contributed by atoms with Crippen LogP contribution in [0.1, 0.15) is 36.6 Å². The van der Waals surface area contributed by atoms with E-state index in [1.54, 1.807) is 0 Å². The Labute approximate surface area is 157 Å². The Balaban J connectivity index is 1.86. The van der Waals surface area contributed by atoms with Crippen molar-refractivity contribution in [1.82, 2.24) is 19.9 Å². The molecule has 0 radical (unpaired) electrons. The normalized spacial score (nSPS) is 17.8. The number of benzene rings is 1. The molecule has 0 spiro atoms. The zero-order chi connectivity index (χ0) is 18.4. The van der Waals surface area contributed by atoms with Gasteiger partial charge in [-0.15, -0.1) is 6.42 Å². The van der Waals surface area contributed by atoms with Crippen LogP contribution in [0.5, 0.6) is 0 Å². The smallest absolute Gasteiger partial charge is 0.160 e. The summed E-state index contributed by atoms with van der Waals surface area (Å²) >= 11 is 6.28. The largest absolute Gasteiger partial charge is 0.375 e. The number of aromatic nitrogens is 2. The van der Waals surface area contributed by atoms with Crippen molar-refractivity contribution in [2.45, 2.75) is 39.6 Å². The maximum Gasteiger partial charge on any atom is 0.160 e. The number of nitrogens with zero attached hydrogens (tertiary/aromatic N) is 4. The number of ether oxygens (including phenoxy) is 1. The summed E-state index contributed by atoms with van der Waals surface area (Å²) in [6.45, 7) is 7.09. The summed E-state index contributed by atoms with van der Waals surface area (Å²) in [4.78, 5) is 6.73. The second-order valence-corrected chi connectivity index (χ2v) is 7.12. The highest BCUT2D eigenvalue weighted by molar-refractivity contribution is 6.31. The van der Waals surface area contributed by atoms with Crippen molar-refractivity contribution in [1.29, 1.82) is 0 Å². The molecule has 0 saturated carbocycles. The third kappa shape index (κ3) is 2.64. The van der Waals surface area contributed by atoms with E-state index in [1.807, 2.05) is 39.0 Å². The Bertz CT molecular complexity index is 940. The maximum atomic E-state index is 6.28. The molecule has 1 unspecified atom stereocenters. The summed E-state index contributed by atoms with van der Waals surface area (Å²) < 4.78 is 7.91. The molecule has 1 atom stereocenters. The minimum atomic E-state index is -0.0772. The van der Waals surface area contributed by atoms with E-state index in [0.717, 1.165) is 28.6 Å². The van der Waals surface area contributed by atoms with Gasteiger partial charge in [-0.3, -0.25) is 9.99 Å². The number of fused-ring (bicyclic) bond motifs is 5. The molecule has 7 heteroatoms. The van der Waals surface area contributed by atoms with Gasteiger partial charge in [-0.25, -0.2) is 4.98 Å². The van der Waals surface area contributed by atoms with Crippen LogP contribution < -0.4 is 5.43 Å². The average Bonchev–Trinajstić information content (AvgIpc) is 3.10. The molecule has 1 aromatic carbocycles. The molecule has 1 aromatic heterocycles. The van der Waals surface area contributed by atoms with Crippen LogP contribution in [-0.2, 0) is 11.3 Å². The Kier molecular flexibility index (Phi) is 4.14. The van der Waals surface area contributed by atoms with Crippen molar-refractivity contribution in [2.75, 3.05) is 6.61 Å². The number of aryl methyl sites for hydroxylation is 1. The molecular formula is C19H20ClN5O. The Morgan fingerprint density at radius 1 is 1.46 bits per heavy atom. The Morgan fingerprint density at radius 2 is 2.27 bits per heavy atom. The molecule has 26 heavy (non-hydrogen) atoms. The third-order valence-electron chi connectivity index (χ3n) is 4.59. The van der Waals surface area contributed by atoms with E-state index in [1.165, 1.54) is 0 Å². The molecule has 0 aliphatic carbocycles. The molecule has 2 aliphatic heterocycles. The molecule has 0 saturated heterocycles. The fraction of sp³-hybridized carbons (Fsp3) is 0.368. The van der Waals surface area contributed by atoms with Crippen LogP contribution in [-0.4, -0.2) is 39.2 Å². The maximum absolute atomic E-state index is 6.28. The molecule has 0 bridgehead atoms. The Hall–Kier alpha value is -2.49. The fourth-order valence-electron chi connectivity index (χ4n) is 3.43. The lowest BCUT2D eigenvalue weighted by atomic mass is 10.1. The first-order chi connectivity index (χ1) is 12.5. The van der Waals surface area contributed by atoms with Crippen LogP contribution in [0.3, 0.4) is 0 Å². The first-order valence-electron chi connectivity index (χ1n) is 8.56. The van der Waals surface area contributed by atoms with Gasteiger partial charge in [0.25, 0.3) is 0 Å². The highest BCUT2D eigenvalue weighted by atomic mass is 35.5. The van der Waals surface area contributed by atoms with E-state index >= 15 is 0 Å². The first-order valence-corrected chi connectivity index (χ1v) is 8.94. The lowest BCUT2D eigenvalue weighted by Gasteiger charge is -2.26. The molecule has 0 amide bonds. The molecular weight excluding hydrogens is 350 g/mol. The highest BCUT2D eigenvalue weighted by Crippen LogP contribution is 2.32. The van der Waals surface area contributed by atoms with Gasteiger partial charge in [0, 0.05) is 10.6 Å². The lowest BCUT2D eigenvalue weighted by molar-refractivity contribution is 0.0368. The predicted octanol–water partition coefficient (Wildman–Crippen LogP) is 2.65. The number of amidine groups is 1. The Morgan fingerprint density at radius 3 is 3.00 bits per heavy atom. The summed E-state index contributed by atoms with van der Waals surface area (Å²) in [5.41, 5.74) is 6.72. The predicted molar refractivity (Wildman–Crippen MR) is 101 cm³/mol. The summed E-state index contributed by atoms with van der Waals surface area (Å²) in [6, 6.07) is 5.79. The zero-order valence-corrected chi connectivity index (χ0v) is 15.7. The van der Waals surface area contributed by atoms with Crippen molar-refractivity contribution >= 4 is 17.4 Å². The van der Waals surface area contributed by atoms with Crippen molar-refractivity contribution in [3.05, 3.63) is 46.0 Å². The van der Waals surface area contributed by atoms with Gasteiger partial charge in [-0.1, -0.05) is 11.6 Å². The summed E-state index contributed by atoms with van der Waals surface area (Å²) in [5.74, 6) is 4.40. The van der Waals surface area contributed by atoms with E-state index in [4.69, 9.17) is 22.8 Å². The number of imidazole rings is 1. The number of hydrogen-bond donors (Lipinski definition) is 1. The van der Waals surface area contributed by atoms with Crippen molar-refractivity contribution in [2.24, 2.45) is 5.10 Å². The van der Waals surface area contributed by atoms with Crippen LogP contribution >= 0.6 is 11.6 Å². The van der Waals surface area contributed by atoms with Crippen LogP contribution in [0.4, 0.5) is 0 Å². The molecule has 4 rings (SSSR count). The highest BCUT2D eigenvalue weighted by Gasteiger charge is 2.35. The fourth-order valence-corrected chi connectivity index (χ4v) is 3.60. The van der Waals surface area contributed by atoms with E-state index in [9.17, 15) is 0 Å². The minimum Gasteiger partial charge on any atom is -0.375 e. The quantitative estimate of drug-likeness (QED) is 0.845. The van der Waals surface area contributed by atoms with Crippen molar-refractivity contribution < 1.29 is 4.74 Å². The van der Waals surface area contributed by atoms with Crippen molar-refractivity contribution in [3.8, 4) is 18.0 Å². The van der Waals surface area contributed by atoms with Gasteiger partial charge < -0.3 is 9.64 Å². The molecule has 0 fully saturated rings. The molecule has 2 aliphatic rings. The van der Waals surface area contributed by atoms with Crippen LogP contribution in [0.15, 0.2) is 23.3 Å². The molecule has 134 valence electrons. The van der Waals surface area contributed by atoms with E-state index < -0.39 is 0 Å². The van der Waals surface area contributed by atoms with Crippen LogP contribution in [0.25, 0.3) is 5.69 Å². The molecule has 3 heterocycles. The van der Waals surface area contributed by atoms with Gasteiger partial charge in [-0.05, 0) is 44.9 Å². The topological polar surface area (TPSA) is 54.7 Å². The number of hydrazone groups is 1. The summed E-state index contributed by atoms with van der Waals surface area (Å²) in [6.07, 6.45) is 5.78. The lowest BCUT2D eigenvalue weighted by Crippen LogP contribution is -2.43. The molecule has 1 N–H and O–H groups in total. The summed E-state index contributed by atoms with van der Waals surface area (Å²) in [7, 11) is 0. The molecule has 2 aromatic rings. The van der Waals surface area contributed by atoms with Gasteiger partial charge in [0.1, 0.15) is 17.7 Å². The van der Waals surface area contributed by atoms with Gasteiger partial charge >= 0.3 is 0 Å². The number of rotatable bonds is 3. The number of halogens is 1. The zero-order valence-electron chi connectivity index (χ0n) is 15.0. The second kappa shape index (κ2) is 6.35. The molecule has 6 nitrogen and oxygen atoms in total. The van der Waals surface area contributed by atoms with Gasteiger partial charge in [-0.2, -0.15) is 5.10 Å². The van der Waals surface area contributed by atoms with E-state index in [0.29, 0.717) is 23.9 Å². The summed E-state index contributed by atoms with van der Waals surface area (Å²) in [5, 5.41) is 5.23. The standard InChI is InChI=1S/C19H20ClN5O/c1-5-15-17-9-24-18(10-26-11(2)3)22-23-19(24)14-8-13(20)6-7-16(14)25(17)12(4)21-15/h1,6-8,11,18,22H,9-10H2,2-4H3. The second-order valence-electron chi connectivity index (χ2n) is 6.69. The van der Waals surface area contributed by atoms with Crippen LogP contribution in [0.2, 0.25) is 5.02 Å². The van der Waals surface area contributed by atoms with E-state index in [-0.39, 0.29) is 12.3 Å². The number of terminal acetylenes is 1. The number of nitrogens with one attached hydrogen (secondary N) is 1. The SMILES string of the molecule is C#Cc1nc(C)n2c1CN1C(=NNC1COC(C)C)c1cc(Cl)ccc1-2. The van der Waals surface area contributed by atoms with E-state index in [2.05, 4.69) is 30.9 Å². The van der Waals surface area contributed by atoms with Gasteiger partial charge in [0.15, 0.2) is 5.84 Å². The van der Waals surface area contributed by atoms with Crippen molar-refractivity contribution in [3.63, 3.8) is 0 Å². The number of hydrogen-bond acceptors (Lipinski definition) is 5. The third-order valence-corrected chi connectivity index (χ3v) is 4.83. The van der Waals surface area contributed by atoms with Crippen LogP contribution in [0, 0.1) is 19.3 Å².